The molecular formula is C7H11N3O2. The van der Waals surface area contributed by atoms with Gasteiger partial charge in [0.25, 0.3) is 0 Å². The molecule has 0 radical (unpaired) electrons. The van der Waals surface area contributed by atoms with Gasteiger partial charge < -0.3 is 5.11 Å². The predicted molar refractivity (Wildman–Crippen MR) is 41.7 cm³/mol. The van der Waals surface area contributed by atoms with Gasteiger partial charge in [-0.05, 0) is 6.42 Å². The van der Waals surface area contributed by atoms with E-state index in [-0.39, 0.29) is 6.42 Å². The molecule has 0 aliphatic rings. The summed E-state index contributed by atoms with van der Waals surface area (Å²) in [6.07, 6.45) is 0.711. The molecule has 1 aromatic heterocycles. The van der Waals surface area contributed by atoms with Crippen molar-refractivity contribution in [3.8, 4) is 0 Å². The van der Waals surface area contributed by atoms with E-state index in [4.69, 9.17) is 5.11 Å². The van der Waals surface area contributed by atoms with Crippen molar-refractivity contribution in [1.29, 1.82) is 0 Å². The molecule has 5 heteroatoms. The van der Waals surface area contributed by atoms with Crippen molar-refractivity contribution >= 4 is 5.97 Å². The number of hydrogen-bond donors (Lipinski definition) is 1. The first-order chi connectivity index (χ1) is 5.65. The Morgan fingerprint density at radius 1 is 1.67 bits per heavy atom. The normalized spacial score (nSPS) is 10.2. The van der Waals surface area contributed by atoms with Crippen LogP contribution in [0.2, 0.25) is 0 Å². The minimum atomic E-state index is -0.870. The van der Waals surface area contributed by atoms with Crippen molar-refractivity contribution in [2.75, 3.05) is 0 Å². The number of aliphatic carboxylic acids is 1. The maximum Gasteiger partial charge on any atom is 0.309 e. The number of aromatic nitrogens is 3. The molecule has 0 aliphatic carbocycles. The summed E-state index contributed by atoms with van der Waals surface area (Å²) in [4.78, 5) is 10.4. The Bertz CT molecular complexity index is 293. The van der Waals surface area contributed by atoms with Crippen molar-refractivity contribution in [2.45, 2.75) is 19.8 Å². The third kappa shape index (κ3) is 1.61. The van der Waals surface area contributed by atoms with Crippen molar-refractivity contribution in [1.82, 2.24) is 15.0 Å². The van der Waals surface area contributed by atoms with Gasteiger partial charge in [0, 0.05) is 7.05 Å². The Kier molecular flexibility index (Phi) is 2.42. The highest BCUT2D eigenvalue weighted by molar-refractivity contribution is 5.69. The molecule has 1 rings (SSSR count). The smallest absolute Gasteiger partial charge is 0.309 e. The van der Waals surface area contributed by atoms with Crippen LogP contribution >= 0.6 is 0 Å². The Hall–Kier alpha value is -1.39. The molecule has 0 spiro atoms. The van der Waals surface area contributed by atoms with Crippen molar-refractivity contribution in [2.24, 2.45) is 7.05 Å². The minimum absolute atomic E-state index is 0.0446. The van der Waals surface area contributed by atoms with Gasteiger partial charge in [-0.3, -0.25) is 9.48 Å². The second-order valence-electron chi connectivity index (χ2n) is 2.53. The van der Waals surface area contributed by atoms with E-state index >= 15 is 0 Å². The molecule has 0 amide bonds. The molecule has 0 aliphatic heterocycles. The molecule has 66 valence electrons. The van der Waals surface area contributed by atoms with E-state index in [0.717, 1.165) is 12.1 Å². The van der Waals surface area contributed by atoms with E-state index in [1.54, 1.807) is 11.7 Å². The van der Waals surface area contributed by atoms with Crippen LogP contribution in [0.3, 0.4) is 0 Å². The van der Waals surface area contributed by atoms with Crippen LogP contribution in [0, 0.1) is 0 Å². The summed E-state index contributed by atoms with van der Waals surface area (Å²) < 4.78 is 1.61. The molecule has 0 bridgehead atoms. The number of aryl methyl sites for hydroxylation is 1. The lowest BCUT2D eigenvalue weighted by Crippen LogP contribution is -2.04. The first-order valence-corrected chi connectivity index (χ1v) is 3.74. The fraction of sp³-hybridized carbons (Fsp3) is 0.571. The molecule has 0 atom stereocenters. The highest BCUT2D eigenvalue weighted by Gasteiger charge is 2.11. The number of carboxylic acids is 1. The summed E-state index contributed by atoms with van der Waals surface area (Å²) >= 11 is 0. The van der Waals surface area contributed by atoms with Crippen LogP contribution in [-0.4, -0.2) is 26.1 Å². The third-order valence-electron chi connectivity index (χ3n) is 1.68. The number of rotatable bonds is 3. The molecule has 0 saturated heterocycles. The van der Waals surface area contributed by atoms with Gasteiger partial charge >= 0.3 is 5.97 Å². The van der Waals surface area contributed by atoms with Gasteiger partial charge in [0.1, 0.15) is 0 Å². The van der Waals surface area contributed by atoms with Crippen LogP contribution in [0.5, 0.6) is 0 Å². The largest absolute Gasteiger partial charge is 0.481 e. The molecule has 0 saturated carbocycles. The highest BCUT2D eigenvalue weighted by Crippen LogP contribution is 2.05. The SMILES string of the molecule is CCc1c(CC(=O)O)nnn1C. The average molecular weight is 169 g/mol. The fourth-order valence-corrected chi connectivity index (χ4v) is 1.13. The summed E-state index contributed by atoms with van der Waals surface area (Å²) in [5, 5.41) is 16.0. The van der Waals surface area contributed by atoms with E-state index in [0.29, 0.717) is 5.69 Å². The highest BCUT2D eigenvalue weighted by atomic mass is 16.4. The maximum atomic E-state index is 10.4. The minimum Gasteiger partial charge on any atom is -0.481 e. The zero-order valence-corrected chi connectivity index (χ0v) is 7.11. The molecule has 12 heavy (non-hydrogen) atoms. The first kappa shape index (κ1) is 8.70. The topological polar surface area (TPSA) is 68.0 Å². The molecular weight excluding hydrogens is 158 g/mol. The molecule has 0 aromatic carbocycles. The van der Waals surface area contributed by atoms with Crippen molar-refractivity contribution in [3.63, 3.8) is 0 Å². The summed E-state index contributed by atoms with van der Waals surface area (Å²) in [5.74, 6) is -0.870. The lowest BCUT2D eigenvalue weighted by Gasteiger charge is -1.97. The standard InChI is InChI=1S/C7H11N3O2/c1-3-6-5(4-7(11)12)8-9-10(6)2/h3-4H2,1-2H3,(H,11,12). The Morgan fingerprint density at radius 3 is 2.83 bits per heavy atom. The number of hydrogen-bond acceptors (Lipinski definition) is 3. The summed E-state index contributed by atoms with van der Waals surface area (Å²) in [6.45, 7) is 1.95. The van der Waals surface area contributed by atoms with Crippen LogP contribution in [0.1, 0.15) is 18.3 Å². The molecule has 5 nitrogen and oxygen atoms in total. The maximum absolute atomic E-state index is 10.4. The number of carboxylic acid groups (broad SMARTS) is 1. The van der Waals surface area contributed by atoms with Gasteiger partial charge in [0.15, 0.2) is 0 Å². The second-order valence-corrected chi connectivity index (χ2v) is 2.53. The molecule has 0 unspecified atom stereocenters. The Labute approximate surface area is 70.0 Å². The van der Waals surface area contributed by atoms with Crippen LogP contribution in [-0.2, 0) is 24.7 Å². The van der Waals surface area contributed by atoms with Crippen LogP contribution in [0.25, 0.3) is 0 Å². The third-order valence-corrected chi connectivity index (χ3v) is 1.68. The molecule has 1 heterocycles. The summed E-state index contributed by atoms with van der Waals surface area (Å²) in [7, 11) is 1.76. The Morgan fingerprint density at radius 2 is 2.33 bits per heavy atom. The summed E-state index contributed by atoms with van der Waals surface area (Å²) in [6, 6.07) is 0. The van der Waals surface area contributed by atoms with Crippen molar-refractivity contribution in [3.05, 3.63) is 11.4 Å². The number of carbonyl (C=O) groups is 1. The van der Waals surface area contributed by atoms with Gasteiger partial charge in [0.2, 0.25) is 0 Å². The van der Waals surface area contributed by atoms with Gasteiger partial charge in [0.05, 0.1) is 17.8 Å². The quantitative estimate of drug-likeness (QED) is 0.691. The van der Waals surface area contributed by atoms with Crippen molar-refractivity contribution < 1.29 is 9.90 Å². The van der Waals surface area contributed by atoms with Gasteiger partial charge in [-0.1, -0.05) is 12.1 Å². The van der Waals surface area contributed by atoms with E-state index in [1.165, 1.54) is 0 Å². The fourth-order valence-electron chi connectivity index (χ4n) is 1.13. The first-order valence-electron chi connectivity index (χ1n) is 3.74. The number of nitrogens with zero attached hydrogens (tertiary/aromatic N) is 3. The van der Waals surface area contributed by atoms with Gasteiger partial charge in [-0.15, -0.1) is 5.10 Å². The van der Waals surface area contributed by atoms with E-state index in [9.17, 15) is 4.79 Å². The van der Waals surface area contributed by atoms with Crippen LogP contribution in [0.4, 0.5) is 0 Å². The Balaban J connectivity index is 2.91. The zero-order chi connectivity index (χ0) is 9.14. The average Bonchev–Trinajstić information content (AvgIpc) is 2.30. The van der Waals surface area contributed by atoms with E-state index in [1.807, 2.05) is 6.92 Å². The zero-order valence-electron chi connectivity index (χ0n) is 7.11. The van der Waals surface area contributed by atoms with Crippen LogP contribution < -0.4 is 0 Å². The van der Waals surface area contributed by atoms with Crippen LogP contribution in [0.15, 0.2) is 0 Å². The summed E-state index contributed by atoms with van der Waals surface area (Å²) in [5.41, 5.74) is 1.45. The second kappa shape index (κ2) is 3.34. The van der Waals surface area contributed by atoms with E-state index in [2.05, 4.69) is 10.3 Å². The lowest BCUT2D eigenvalue weighted by molar-refractivity contribution is -0.136. The van der Waals surface area contributed by atoms with E-state index < -0.39 is 5.97 Å². The predicted octanol–water partition coefficient (Wildman–Crippen LogP) is 0.00460. The molecule has 1 aromatic rings. The van der Waals surface area contributed by atoms with Gasteiger partial charge in [-0.25, -0.2) is 0 Å². The van der Waals surface area contributed by atoms with Gasteiger partial charge in [-0.2, -0.15) is 0 Å². The monoisotopic (exact) mass is 169 g/mol. The lowest BCUT2D eigenvalue weighted by atomic mass is 10.2. The molecule has 0 fully saturated rings. The molecule has 1 N–H and O–H groups in total.